The van der Waals surface area contributed by atoms with Crippen molar-refractivity contribution in [2.24, 2.45) is 0 Å². The van der Waals surface area contributed by atoms with E-state index < -0.39 is 16.6 Å². The smallest absolute Gasteiger partial charge is 0.418 e. The summed E-state index contributed by atoms with van der Waals surface area (Å²) in [5, 5.41) is 0. The van der Waals surface area contributed by atoms with Crippen molar-refractivity contribution in [2.45, 2.75) is 0 Å². The van der Waals surface area contributed by atoms with E-state index in [0.29, 0.717) is 0 Å². The minimum Gasteiger partial charge on any atom is -0.418 e. The zero-order valence-corrected chi connectivity index (χ0v) is 16.6. The average molecular weight is 334 g/mol. The van der Waals surface area contributed by atoms with Gasteiger partial charge in [-0.1, -0.05) is 0 Å². The van der Waals surface area contributed by atoms with Gasteiger partial charge in [-0.2, -0.15) is 0 Å². The van der Waals surface area contributed by atoms with Gasteiger partial charge in [0.1, 0.15) is 0 Å². The molecular formula is AlBCl4F4K2. The third-order valence-electron chi connectivity index (χ3n) is 0. The van der Waals surface area contributed by atoms with Crippen LogP contribution in [0.2, 0.25) is 0 Å². The van der Waals surface area contributed by atoms with E-state index in [-0.39, 0.29) is 103 Å². The quantitative estimate of drug-likeness (QED) is 0.345. The Balaban J connectivity index is -0.0000000457. The predicted molar refractivity (Wildman–Crippen MR) is 39.4 cm³/mol. The summed E-state index contributed by atoms with van der Waals surface area (Å²) in [7, 11) is 11.0. The van der Waals surface area contributed by atoms with Gasteiger partial charge in [0, 0.05) is 0 Å². The maximum atomic E-state index is 9.75. The van der Waals surface area contributed by atoms with E-state index >= 15 is 0 Å². The fourth-order valence-corrected chi connectivity index (χ4v) is 0. The van der Waals surface area contributed by atoms with E-state index in [2.05, 4.69) is 0 Å². The number of rotatable bonds is 0. The summed E-state index contributed by atoms with van der Waals surface area (Å²) in [5.41, 5.74) is 0. The first-order chi connectivity index (χ1) is 4.00. The molecule has 0 aromatic rings. The van der Waals surface area contributed by atoms with Gasteiger partial charge in [0.05, 0.1) is 0 Å². The van der Waals surface area contributed by atoms with E-state index in [9.17, 15) is 17.3 Å². The van der Waals surface area contributed by atoms with Crippen LogP contribution in [0.5, 0.6) is 0 Å². The molecular weight excluding hydrogens is 334 g/mol. The molecule has 0 aromatic carbocycles. The predicted octanol–water partition coefficient (Wildman–Crippen LogP) is -2.31. The van der Waals surface area contributed by atoms with E-state index in [0.717, 1.165) is 0 Å². The van der Waals surface area contributed by atoms with Crippen LogP contribution in [0, 0.1) is 0 Å². The molecule has 0 fully saturated rings. The number of hydrogen-bond acceptors (Lipinski definition) is 0. The van der Waals surface area contributed by atoms with Gasteiger partial charge in [-0.15, -0.1) is 0 Å². The first kappa shape index (κ1) is 25.6. The molecule has 0 atom stereocenters. The Hall–Kier alpha value is 4.75. The van der Waals surface area contributed by atoms with E-state index in [1.54, 1.807) is 0 Å². The Morgan fingerprint density at radius 3 is 0.750 bits per heavy atom. The van der Waals surface area contributed by atoms with Gasteiger partial charge in [-0.25, -0.2) is 0 Å². The largest absolute Gasteiger partial charge is 1.00 e. The first-order valence-electron chi connectivity index (χ1n) is 1.75. The van der Waals surface area contributed by atoms with Gasteiger partial charge in [0.2, 0.25) is 0 Å². The molecule has 0 saturated heterocycles. The Kier molecular flexibility index (Phi) is 26.0. The maximum Gasteiger partial charge on any atom is 1.00 e. The van der Waals surface area contributed by atoms with Crippen LogP contribution in [-0.2, 0) is 0 Å². The molecule has 0 nitrogen and oxygen atoms in total. The monoisotopic (exact) mass is 332 g/mol. The van der Waals surface area contributed by atoms with Crippen LogP contribution >= 0.6 is 40.2 Å². The van der Waals surface area contributed by atoms with Crippen LogP contribution in [0.1, 0.15) is 0 Å². The minimum atomic E-state index is -6.00. The van der Waals surface area contributed by atoms with Gasteiger partial charge in [0.25, 0.3) is 0 Å². The molecule has 12 heavy (non-hydrogen) atoms. The number of halogens is 8. The molecule has 0 bridgehead atoms. The summed E-state index contributed by atoms with van der Waals surface area (Å²) < 4.78 is 39.0. The molecule has 0 aliphatic rings. The molecule has 0 heterocycles. The fraction of sp³-hybridized carbons (Fsp3) is 0. The third kappa shape index (κ3) is 124. The molecule has 12 heteroatoms. The van der Waals surface area contributed by atoms with Crippen molar-refractivity contribution >= 4 is 56.8 Å². The summed E-state index contributed by atoms with van der Waals surface area (Å²) in [6.45, 7) is 0. The molecule has 0 spiro atoms. The SMILES string of the molecule is F[B-](F)(F)F.[Cl][Al-]([Cl])([Cl])[Cl].[K+].[K+]. The van der Waals surface area contributed by atoms with Crippen molar-refractivity contribution < 1.29 is 120 Å². The van der Waals surface area contributed by atoms with Gasteiger partial charge >= 0.3 is 119 Å². The molecule has 0 aliphatic carbocycles. The molecule has 0 aliphatic heterocycles. The van der Waals surface area contributed by atoms with E-state index in [1.165, 1.54) is 0 Å². The second-order valence-electron chi connectivity index (χ2n) is 0.990. The van der Waals surface area contributed by atoms with Crippen molar-refractivity contribution in [3.8, 4) is 0 Å². The molecule has 0 N–H and O–H groups in total. The second-order valence-corrected chi connectivity index (χ2v) is 13.9. The van der Waals surface area contributed by atoms with Crippen LogP contribution < -0.4 is 103 Å². The normalized spacial score (nSPS) is 10.0. The Bertz CT molecular complexity index is 68.0. The van der Waals surface area contributed by atoms with Crippen molar-refractivity contribution in [3.05, 3.63) is 0 Å². The van der Waals surface area contributed by atoms with E-state index in [1.807, 2.05) is 0 Å². The Labute approximate surface area is 172 Å². The summed E-state index contributed by atoms with van der Waals surface area (Å²) >= 11 is 0. The van der Waals surface area contributed by atoms with Gasteiger partial charge < -0.3 is 57.5 Å². The summed E-state index contributed by atoms with van der Waals surface area (Å²) in [5.74, 6) is 0. The third-order valence-corrected chi connectivity index (χ3v) is 0. The standard InChI is InChI=1S/Al.BF4.4ClH.2K/c;2-1(3,4)5;;;;;;/h;;4*1H;;/q+3;-1;;;;;2*+1/p-4. The van der Waals surface area contributed by atoms with Gasteiger partial charge in [-0.3, -0.25) is 0 Å². The average Bonchev–Trinajstić information content (AvgIpc) is 1.12. The molecule has 0 amide bonds. The van der Waals surface area contributed by atoms with E-state index in [4.69, 9.17) is 40.2 Å². The molecule has 64 valence electrons. The topological polar surface area (TPSA) is 0 Å². The van der Waals surface area contributed by atoms with Crippen LogP contribution in [0.25, 0.3) is 0 Å². The maximum absolute atomic E-state index is 9.75. The molecule has 0 rings (SSSR count). The Morgan fingerprint density at radius 2 is 0.750 bits per heavy atom. The van der Waals surface area contributed by atoms with Crippen LogP contribution in [0.15, 0.2) is 0 Å². The molecule has 0 saturated carbocycles. The fourth-order valence-electron chi connectivity index (χ4n) is 0. The molecule has 0 radical (unpaired) electrons. The van der Waals surface area contributed by atoms with Crippen molar-refractivity contribution in [3.63, 3.8) is 0 Å². The van der Waals surface area contributed by atoms with Crippen LogP contribution in [-0.4, -0.2) is 16.6 Å². The summed E-state index contributed by atoms with van der Waals surface area (Å²) in [6.07, 6.45) is 0. The van der Waals surface area contributed by atoms with Crippen LogP contribution in [0.4, 0.5) is 17.3 Å². The van der Waals surface area contributed by atoms with Gasteiger partial charge in [-0.05, 0) is 0 Å². The summed E-state index contributed by atoms with van der Waals surface area (Å²) in [4.78, 5) is 0. The first-order valence-corrected chi connectivity index (χ1v) is 8.73. The minimum absolute atomic E-state index is 0. The zero-order valence-electron chi connectivity index (χ0n) is 6.18. The zero-order chi connectivity index (χ0) is 9.00. The van der Waals surface area contributed by atoms with Crippen molar-refractivity contribution in [1.82, 2.24) is 0 Å². The Morgan fingerprint density at radius 1 is 0.750 bits per heavy atom. The van der Waals surface area contributed by atoms with Crippen molar-refractivity contribution in [2.75, 3.05) is 0 Å². The molecule has 0 aromatic heterocycles. The molecule has 0 unspecified atom stereocenters. The van der Waals surface area contributed by atoms with Crippen LogP contribution in [0.3, 0.4) is 0 Å². The second kappa shape index (κ2) is 12.2. The van der Waals surface area contributed by atoms with Crippen molar-refractivity contribution in [1.29, 1.82) is 0 Å². The number of hydrogen-bond donors (Lipinski definition) is 0. The summed E-state index contributed by atoms with van der Waals surface area (Å²) in [6, 6.07) is 0. The van der Waals surface area contributed by atoms with Gasteiger partial charge in [0.15, 0.2) is 0 Å².